The minimum Gasteiger partial charge on any atom is -0.502 e. The van der Waals surface area contributed by atoms with Crippen molar-refractivity contribution < 1.29 is 14.3 Å². The standard InChI is InChI=1S/C15H20N2O3/c1-3-12-8-5-6-9-13(12)17-15(19)14(18)16-10-7-11-20-4-2/h4-6,8-9H,2-3,7,10-11H2,1H3,(H,16,18)(H,17,19). The summed E-state index contributed by atoms with van der Waals surface area (Å²) >= 11 is 0. The van der Waals surface area contributed by atoms with Crippen LogP contribution in [-0.4, -0.2) is 25.0 Å². The van der Waals surface area contributed by atoms with Crippen LogP contribution in [0.25, 0.3) is 0 Å². The number of benzene rings is 1. The molecule has 0 aliphatic rings. The largest absolute Gasteiger partial charge is 0.502 e. The molecule has 0 bridgehead atoms. The highest BCUT2D eigenvalue weighted by Gasteiger charge is 2.14. The van der Waals surface area contributed by atoms with Gasteiger partial charge in [0.05, 0.1) is 12.9 Å². The number of aryl methyl sites for hydroxylation is 1. The Morgan fingerprint density at radius 1 is 1.30 bits per heavy atom. The average Bonchev–Trinajstić information content (AvgIpc) is 2.47. The highest BCUT2D eigenvalue weighted by atomic mass is 16.5. The normalized spacial score (nSPS) is 9.65. The first kappa shape index (κ1) is 15.8. The van der Waals surface area contributed by atoms with Crippen LogP contribution in [-0.2, 0) is 20.7 Å². The van der Waals surface area contributed by atoms with Gasteiger partial charge in [0.1, 0.15) is 0 Å². The number of rotatable bonds is 7. The summed E-state index contributed by atoms with van der Waals surface area (Å²) in [6.45, 7) is 6.25. The molecule has 0 radical (unpaired) electrons. The lowest BCUT2D eigenvalue weighted by Crippen LogP contribution is -2.36. The van der Waals surface area contributed by atoms with E-state index in [1.165, 1.54) is 6.26 Å². The third kappa shape index (κ3) is 5.14. The second-order valence-electron chi connectivity index (χ2n) is 4.11. The smallest absolute Gasteiger partial charge is 0.313 e. The summed E-state index contributed by atoms with van der Waals surface area (Å²) in [5, 5.41) is 5.15. The second kappa shape index (κ2) is 8.74. The fourth-order valence-corrected chi connectivity index (χ4v) is 1.65. The van der Waals surface area contributed by atoms with E-state index in [2.05, 4.69) is 17.2 Å². The van der Waals surface area contributed by atoms with Crippen LogP contribution in [0.3, 0.4) is 0 Å². The molecule has 0 unspecified atom stereocenters. The number of carbonyl (C=O) groups is 2. The lowest BCUT2D eigenvalue weighted by atomic mass is 10.1. The van der Waals surface area contributed by atoms with Crippen LogP contribution in [0.5, 0.6) is 0 Å². The van der Waals surface area contributed by atoms with Crippen molar-refractivity contribution in [2.75, 3.05) is 18.5 Å². The monoisotopic (exact) mass is 276 g/mol. The van der Waals surface area contributed by atoms with Gasteiger partial charge in [-0.3, -0.25) is 9.59 Å². The van der Waals surface area contributed by atoms with E-state index in [4.69, 9.17) is 4.74 Å². The molecule has 2 amide bonds. The zero-order chi connectivity index (χ0) is 14.8. The minimum atomic E-state index is -0.657. The van der Waals surface area contributed by atoms with Crippen molar-refractivity contribution in [3.8, 4) is 0 Å². The molecule has 1 aromatic carbocycles. The van der Waals surface area contributed by atoms with E-state index in [-0.39, 0.29) is 0 Å². The highest BCUT2D eigenvalue weighted by molar-refractivity contribution is 6.39. The van der Waals surface area contributed by atoms with E-state index >= 15 is 0 Å². The molecule has 0 fully saturated rings. The second-order valence-corrected chi connectivity index (χ2v) is 4.11. The van der Waals surface area contributed by atoms with Gasteiger partial charge in [0.15, 0.2) is 0 Å². The molecule has 0 saturated carbocycles. The van der Waals surface area contributed by atoms with Crippen molar-refractivity contribution in [2.24, 2.45) is 0 Å². The van der Waals surface area contributed by atoms with Gasteiger partial charge < -0.3 is 15.4 Å². The number of nitrogens with one attached hydrogen (secondary N) is 2. The van der Waals surface area contributed by atoms with Gasteiger partial charge in [-0.2, -0.15) is 0 Å². The molecule has 5 heteroatoms. The molecular formula is C15H20N2O3. The van der Waals surface area contributed by atoms with Gasteiger partial charge in [0, 0.05) is 12.2 Å². The zero-order valence-corrected chi connectivity index (χ0v) is 11.6. The predicted octanol–water partition coefficient (Wildman–Crippen LogP) is 1.85. The van der Waals surface area contributed by atoms with Gasteiger partial charge in [0.25, 0.3) is 0 Å². The van der Waals surface area contributed by atoms with E-state index in [0.29, 0.717) is 25.3 Å². The Kier molecular flexibility index (Phi) is 6.89. The number of amides is 2. The molecular weight excluding hydrogens is 256 g/mol. The Labute approximate surface area is 119 Å². The van der Waals surface area contributed by atoms with E-state index < -0.39 is 11.8 Å². The third-order valence-electron chi connectivity index (χ3n) is 2.70. The number of hydrogen-bond donors (Lipinski definition) is 2. The van der Waals surface area contributed by atoms with Crippen LogP contribution in [0.15, 0.2) is 37.1 Å². The molecule has 0 spiro atoms. The van der Waals surface area contributed by atoms with Gasteiger partial charge in [-0.05, 0) is 24.5 Å². The van der Waals surface area contributed by atoms with E-state index in [0.717, 1.165) is 12.0 Å². The Bertz CT molecular complexity index is 472. The van der Waals surface area contributed by atoms with Crippen LogP contribution in [0, 0.1) is 0 Å². The summed E-state index contributed by atoms with van der Waals surface area (Å²) < 4.78 is 4.91. The highest BCUT2D eigenvalue weighted by Crippen LogP contribution is 2.14. The molecule has 2 N–H and O–H groups in total. The molecule has 0 saturated heterocycles. The van der Waals surface area contributed by atoms with Crippen LogP contribution in [0.4, 0.5) is 5.69 Å². The Hall–Kier alpha value is -2.30. The van der Waals surface area contributed by atoms with Gasteiger partial charge in [-0.15, -0.1) is 0 Å². The molecule has 1 rings (SSSR count). The van der Waals surface area contributed by atoms with Crippen molar-refractivity contribution in [1.82, 2.24) is 5.32 Å². The van der Waals surface area contributed by atoms with Crippen LogP contribution >= 0.6 is 0 Å². The zero-order valence-electron chi connectivity index (χ0n) is 11.6. The third-order valence-corrected chi connectivity index (χ3v) is 2.70. The fraction of sp³-hybridized carbons (Fsp3) is 0.333. The van der Waals surface area contributed by atoms with Crippen LogP contribution in [0.1, 0.15) is 18.9 Å². The molecule has 20 heavy (non-hydrogen) atoms. The molecule has 0 aromatic heterocycles. The maximum Gasteiger partial charge on any atom is 0.313 e. The predicted molar refractivity (Wildman–Crippen MR) is 78.2 cm³/mol. The molecule has 0 heterocycles. The lowest BCUT2D eigenvalue weighted by molar-refractivity contribution is -0.136. The van der Waals surface area contributed by atoms with E-state index in [1.54, 1.807) is 6.07 Å². The number of carbonyl (C=O) groups excluding carboxylic acids is 2. The van der Waals surface area contributed by atoms with Gasteiger partial charge in [0.2, 0.25) is 0 Å². The van der Waals surface area contributed by atoms with Gasteiger partial charge in [-0.1, -0.05) is 31.7 Å². The summed E-state index contributed by atoms with van der Waals surface area (Å²) in [5.74, 6) is -1.30. The Morgan fingerprint density at radius 2 is 2.05 bits per heavy atom. The lowest BCUT2D eigenvalue weighted by Gasteiger charge is -2.09. The quantitative estimate of drug-likeness (QED) is 0.454. The van der Waals surface area contributed by atoms with Crippen molar-refractivity contribution in [1.29, 1.82) is 0 Å². The molecule has 108 valence electrons. The first-order chi connectivity index (χ1) is 9.69. The molecule has 1 aromatic rings. The van der Waals surface area contributed by atoms with Gasteiger partial charge >= 0.3 is 11.8 Å². The summed E-state index contributed by atoms with van der Waals surface area (Å²) in [7, 11) is 0. The summed E-state index contributed by atoms with van der Waals surface area (Å²) in [6, 6.07) is 7.41. The van der Waals surface area contributed by atoms with Crippen molar-refractivity contribution in [3.63, 3.8) is 0 Å². The summed E-state index contributed by atoms with van der Waals surface area (Å²) in [6.07, 6.45) is 2.75. The number of ether oxygens (including phenoxy) is 1. The van der Waals surface area contributed by atoms with Crippen molar-refractivity contribution in [2.45, 2.75) is 19.8 Å². The average molecular weight is 276 g/mol. The summed E-state index contributed by atoms with van der Waals surface area (Å²) in [4.78, 5) is 23.3. The minimum absolute atomic E-state index is 0.384. The van der Waals surface area contributed by atoms with Crippen LogP contribution < -0.4 is 10.6 Å². The molecule has 0 aliphatic heterocycles. The molecule has 0 aliphatic carbocycles. The topological polar surface area (TPSA) is 67.4 Å². The summed E-state index contributed by atoms with van der Waals surface area (Å²) in [5.41, 5.74) is 1.66. The number of para-hydroxylation sites is 1. The van der Waals surface area contributed by atoms with E-state index in [1.807, 2.05) is 25.1 Å². The Balaban J connectivity index is 2.41. The SMILES string of the molecule is C=COCCCNC(=O)C(=O)Nc1ccccc1CC. The number of anilines is 1. The first-order valence-corrected chi connectivity index (χ1v) is 6.58. The molecule has 0 atom stereocenters. The van der Waals surface area contributed by atoms with Gasteiger partial charge in [-0.25, -0.2) is 0 Å². The first-order valence-electron chi connectivity index (χ1n) is 6.58. The Morgan fingerprint density at radius 3 is 2.75 bits per heavy atom. The van der Waals surface area contributed by atoms with Crippen LogP contribution in [0.2, 0.25) is 0 Å². The van der Waals surface area contributed by atoms with Crippen molar-refractivity contribution in [3.05, 3.63) is 42.7 Å². The van der Waals surface area contributed by atoms with Crippen molar-refractivity contribution >= 4 is 17.5 Å². The number of hydrogen-bond acceptors (Lipinski definition) is 3. The fourth-order valence-electron chi connectivity index (χ4n) is 1.65. The van der Waals surface area contributed by atoms with E-state index in [9.17, 15) is 9.59 Å². The molecule has 5 nitrogen and oxygen atoms in total. The maximum atomic E-state index is 11.7. The maximum absolute atomic E-state index is 11.7.